The first-order valence-electron chi connectivity index (χ1n) is 11.6. The Balaban J connectivity index is 1.42. The maximum Gasteiger partial charge on any atom is 0.326 e. The quantitative estimate of drug-likeness (QED) is 0.333. The fraction of sp³-hybridized carbons (Fsp3) is 0.192. The van der Waals surface area contributed by atoms with Gasteiger partial charge in [-0.15, -0.1) is 11.8 Å². The summed E-state index contributed by atoms with van der Waals surface area (Å²) in [5.74, 6) is -2.17. The summed E-state index contributed by atoms with van der Waals surface area (Å²) in [4.78, 5) is 37.6. The van der Waals surface area contributed by atoms with Crippen LogP contribution in [-0.4, -0.2) is 59.3 Å². The molecule has 3 N–H and O–H groups in total. The summed E-state index contributed by atoms with van der Waals surface area (Å²) in [6.07, 6.45) is -0.0586. The molecule has 39 heavy (non-hydrogen) atoms. The maximum absolute atomic E-state index is 13.1. The monoisotopic (exact) mass is 607 g/mol. The Morgan fingerprint density at radius 2 is 1.62 bits per heavy atom. The van der Waals surface area contributed by atoms with E-state index in [1.807, 2.05) is 0 Å². The topological polar surface area (TPSA) is 133 Å². The number of aliphatic carboxylic acids is 1. The van der Waals surface area contributed by atoms with Crippen LogP contribution in [0.3, 0.4) is 0 Å². The molecule has 0 spiro atoms. The molecule has 0 aromatic heterocycles. The molecule has 9 nitrogen and oxygen atoms in total. The summed E-state index contributed by atoms with van der Waals surface area (Å²) in [5.41, 5.74) is 1.14. The molecule has 0 saturated carbocycles. The molecule has 0 radical (unpaired) electrons. The number of anilines is 1. The first kappa shape index (κ1) is 28.9. The lowest BCUT2D eigenvalue weighted by atomic mass is 10.0. The van der Waals surface area contributed by atoms with E-state index in [-0.39, 0.29) is 38.6 Å². The van der Waals surface area contributed by atoms with Crippen LogP contribution in [0.1, 0.15) is 15.9 Å². The van der Waals surface area contributed by atoms with Crippen LogP contribution in [0.2, 0.25) is 10.0 Å². The Morgan fingerprint density at radius 3 is 2.23 bits per heavy atom. The second kappa shape index (κ2) is 12.4. The number of hydrogen-bond donors (Lipinski definition) is 3. The molecule has 1 heterocycles. The third-order valence-electron chi connectivity index (χ3n) is 5.95. The summed E-state index contributed by atoms with van der Waals surface area (Å²) < 4.78 is 27.2. The first-order valence-corrected chi connectivity index (χ1v) is 14.9. The van der Waals surface area contributed by atoms with Crippen LogP contribution in [-0.2, 0) is 26.0 Å². The maximum atomic E-state index is 13.1. The normalized spacial score (nSPS) is 16.4. The average Bonchev–Trinajstić information content (AvgIpc) is 3.41. The molecule has 13 heteroatoms. The van der Waals surface area contributed by atoms with Crippen molar-refractivity contribution in [1.29, 1.82) is 0 Å². The molecule has 3 aromatic carbocycles. The first-order chi connectivity index (χ1) is 18.6. The Hall–Kier alpha value is -3.09. The van der Waals surface area contributed by atoms with E-state index in [2.05, 4.69) is 10.6 Å². The van der Waals surface area contributed by atoms with Crippen molar-refractivity contribution in [3.05, 3.63) is 94.0 Å². The molecule has 204 valence electrons. The zero-order valence-corrected chi connectivity index (χ0v) is 23.4. The van der Waals surface area contributed by atoms with Gasteiger partial charge in [0.25, 0.3) is 5.91 Å². The largest absolute Gasteiger partial charge is 0.480 e. The van der Waals surface area contributed by atoms with Crippen LogP contribution < -0.4 is 10.6 Å². The molecule has 0 aliphatic carbocycles. The zero-order valence-electron chi connectivity index (χ0n) is 20.2. The predicted octanol–water partition coefficient (Wildman–Crippen LogP) is 4.12. The minimum atomic E-state index is -3.93. The van der Waals surface area contributed by atoms with Gasteiger partial charge in [0, 0.05) is 17.9 Å². The van der Waals surface area contributed by atoms with E-state index in [0.29, 0.717) is 11.3 Å². The van der Waals surface area contributed by atoms with E-state index in [9.17, 15) is 27.9 Å². The van der Waals surface area contributed by atoms with Gasteiger partial charge in [0.2, 0.25) is 15.9 Å². The van der Waals surface area contributed by atoms with Gasteiger partial charge in [-0.1, -0.05) is 59.6 Å². The van der Waals surface area contributed by atoms with Crippen molar-refractivity contribution in [2.75, 3.05) is 16.9 Å². The lowest BCUT2D eigenvalue weighted by molar-refractivity contribution is -0.142. The zero-order chi connectivity index (χ0) is 28.2. The molecular formula is C26H23Cl2N3O6S2. The fourth-order valence-corrected chi connectivity index (χ4v) is 7.67. The van der Waals surface area contributed by atoms with Gasteiger partial charge < -0.3 is 15.7 Å². The van der Waals surface area contributed by atoms with E-state index in [0.717, 1.165) is 4.31 Å². The smallest absolute Gasteiger partial charge is 0.326 e. The molecule has 2 atom stereocenters. The van der Waals surface area contributed by atoms with Crippen LogP contribution >= 0.6 is 35.0 Å². The number of amides is 2. The minimum Gasteiger partial charge on any atom is -0.480 e. The van der Waals surface area contributed by atoms with Crippen LogP contribution in [0, 0.1) is 0 Å². The highest BCUT2D eigenvalue weighted by molar-refractivity contribution is 8.00. The molecule has 1 aliphatic rings. The summed E-state index contributed by atoms with van der Waals surface area (Å²) >= 11 is 13.4. The summed E-state index contributed by atoms with van der Waals surface area (Å²) in [6.45, 7) is 0. The number of thioether (sulfide) groups is 1. The van der Waals surface area contributed by atoms with Crippen LogP contribution in [0.5, 0.6) is 0 Å². The molecule has 1 aliphatic heterocycles. The van der Waals surface area contributed by atoms with E-state index in [1.165, 1.54) is 23.9 Å². The SMILES string of the molecule is O=C(Nc1ccc(CC(NC(=O)C2CSCN2S(=O)(=O)c2ccccc2)C(=O)O)cc1)c1c(Cl)cccc1Cl. The number of carbonyl (C=O) groups excluding carboxylic acids is 2. The highest BCUT2D eigenvalue weighted by atomic mass is 35.5. The van der Waals surface area contributed by atoms with Gasteiger partial charge in [-0.05, 0) is 42.0 Å². The summed E-state index contributed by atoms with van der Waals surface area (Å²) in [6, 6.07) is 16.5. The number of carbonyl (C=O) groups is 3. The van der Waals surface area contributed by atoms with Crippen LogP contribution in [0.25, 0.3) is 0 Å². The Labute approximate surface area is 239 Å². The van der Waals surface area contributed by atoms with Crippen LogP contribution in [0.4, 0.5) is 5.69 Å². The number of rotatable bonds is 9. The number of carboxylic acids is 1. The summed E-state index contributed by atoms with van der Waals surface area (Å²) in [7, 11) is -3.93. The van der Waals surface area contributed by atoms with E-state index >= 15 is 0 Å². The van der Waals surface area contributed by atoms with Gasteiger partial charge in [-0.25, -0.2) is 13.2 Å². The van der Waals surface area contributed by atoms with Crippen molar-refractivity contribution >= 4 is 68.5 Å². The number of halogens is 2. The highest BCUT2D eigenvalue weighted by Crippen LogP contribution is 2.29. The molecule has 1 fully saturated rings. The van der Waals surface area contributed by atoms with E-state index in [1.54, 1.807) is 60.7 Å². The molecule has 0 bridgehead atoms. The van der Waals surface area contributed by atoms with Gasteiger partial charge in [0.1, 0.15) is 12.1 Å². The number of benzene rings is 3. The molecule has 4 rings (SSSR count). The van der Waals surface area contributed by atoms with Crippen molar-refractivity contribution in [1.82, 2.24) is 9.62 Å². The number of hydrogen-bond acceptors (Lipinski definition) is 6. The fourth-order valence-electron chi connectivity index (χ4n) is 3.93. The third kappa shape index (κ3) is 6.74. The third-order valence-corrected chi connectivity index (χ3v) is 9.62. The van der Waals surface area contributed by atoms with Gasteiger partial charge in [-0.3, -0.25) is 9.59 Å². The second-order valence-electron chi connectivity index (χ2n) is 8.57. The Morgan fingerprint density at radius 1 is 0.974 bits per heavy atom. The van der Waals surface area contributed by atoms with Gasteiger partial charge in [0.05, 0.1) is 26.4 Å². The molecule has 2 unspecified atom stereocenters. The average molecular weight is 609 g/mol. The number of nitrogens with zero attached hydrogens (tertiary/aromatic N) is 1. The molecular weight excluding hydrogens is 585 g/mol. The van der Waals surface area contributed by atoms with E-state index in [4.69, 9.17) is 23.2 Å². The summed E-state index contributed by atoms with van der Waals surface area (Å²) in [5, 5.41) is 15.3. The Kier molecular flexibility index (Phi) is 9.19. The van der Waals surface area contributed by atoms with Gasteiger partial charge in [-0.2, -0.15) is 4.31 Å². The molecule has 1 saturated heterocycles. The second-order valence-corrected chi connectivity index (χ2v) is 12.3. The predicted molar refractivity (Wildman–Crippen MR) is 151 cm³/mol. The lowest BCUT2D eigenvalue weighted by Gasteiger charge is -2.24. The van der Waals surface area contributed by atoms with Crippen molar-refractivity contribution < 1.29 is 27.9 Å². The van der Waals surface area contributed by atoms with Crippen molar-refractivity contribution in [2.45, 2.75) is 23.4 Å². The number of carboxylic acid groups (broad SMARTS) is 1. The van der Waals surface area contributed by atoms with Crippen molar-refractivity contribution in [3.63, 3.8) is 0 Å². The minimum absolute atomic E-state index is 0.0586. The van der Waals surface area contributed by atoms with Crippen LogP contribution in [0.15, 0.2) is 77.7 Å². The number of sulfonamides is 1. The van der Waals surface area contributed by atoms with Crippen molar-refractivity contribution in [2.24, 2.45) is 0 Å². The Bertz CT molecular complexity index is 1470. The standard InChI is InChI=1S/C26H23Cl2N3O6S2/c27-19-7-4-8-20(28)23(19)25(33)29-17-11-9-16(10-12-17)13-21(26(34)35)30-24(32)22-14-38-15-31(22)39(36,37)18-5-2-1-3-6-18/h1-12,21-22H,13-15H2,(H,29,33)(H,30,32)(H,34,35). The lowest BCUT2D eigenvalue weighted by Crippen LogP contribution is -2.52. The highest BCUT2D eigenvalue weighted by Gasteiger charge is 2.41. The molecule has 3 aromatic rings. The van der Waals surface area contributed by atoms with Gasteiger partial charge in [0.15, 0.2) is 0 Å². The van der Waals surface area contributed by atoms with Gasteiger partial charge >= 0.3 is 5.97 Å². The van der Waals surface area contributed by atoms with E-state index < -0.39 is 39.9 Å². The molecule has 2 amide bonds. The van der Waals surface area contributed by atoms with Crippen molar-refractivity contribution in [3.8, 4) is 0 Å². The number of nitrogens with one attached hydrogen (secondary N) is 2.